The number of phenols is 1. The number of aromatic hydroxyl groups is 1. The van der Waals surface area contributed by atoms with Crippen molar-refractivity contribution in [2.45, 2.75) is 0 Å². The van der Waals surface area contributed by atoms with Gasteiger partial charge in [0.25, 0.3) is 0 Å². The molecule has 6 heteroatoms. The van der Waals surface area contributed by atoms with Crippen LogP contribution in [0.4, 0.5) is 10.5 Å². The molecular weight excluding hydrogens is 226 g/mol. The molecule has 0 saturated heterocycles. The standard InChI is InChI=1S/C10H11N3O2S/c14-8-3-1-2-7(6-8)12-9(15)13-10-11-4-5-16-10/h1-3,6,14H,4-5H2,(H2,11,12,13,15). The highest BCUT2D eigenvalue weighted by Crippen LogP contribution is 2.15. The summed E-state index contributed by atoms with van der Waals surface area (Å²) in [5.41, 5.74) is 0.543. The second-order valence-corrected chi connectivity index (χ2v) is 4.25. The first-order valence-corrected chi connectivity index (χ1v) is 5.77. The van der Waals surface area contributed by atoms with Crippen LogP contribution in [0.25, 0.3) is 0 Å². The fourth-order valence-corrected chi connectivity index (χ4v) is 1.98. The number of carbonyl (C=O) groups excluding carboxylic acids is 1. The largest absolute Gasteiger partial charge is 0.508 e. The van der Waals surface area contributed by atoms with Crippen LogP contribution < -0.4 is 10.6 Å². The highest BCUT2D eigenvalue weighted by molar-refractivity contribution is 8.14. The van der Waals surface area contributed by atoms with Gasteiger partial charge in [0.15, 0.2) is 5.17 Å². The second-order valence-electron chi connectivity index (χ2n) is 3.16. The number of phenolic OH excluding ortho intramolecular Hbond substituents is 1. The number of amides is 2. The van der Waals surface area contributed by atoms with Gasteiger partial charge in [-0.15, -0.1) is 0 Å². The number of thioether (sulfide) groups is 1. The lowest BCUT2D eigenvalue weighted by Gasteiger charge is -2.06. The number of anilines is 1. The molecule has 0 bridgehead atoms. The minimum atomic E-state index is -0.348. The van der Waals surface area contributed by atoms with Crippen molar-refractivity contribution in [2.24, 2.45) is 4.99 Å². The first-order chi connectivity index (χ1) is 7.74. The third-order valence-electron chi connectivity index (χ3n) is 1.91. The van der Waals surface area contributed by atoms with Crippen molar-refractivity contribution in [1.82, 2.24) is 5.32 Å². The van der Waals surface area contributed by atoms with E-state index in [9.17, 15) is 9.90 Å². The number of aliphatic imine (C=N–C) groups is 1. The van der Waals surface area contributed by atoms with Crippen molar-refractivity contribution >= 4 is 28.6 Å². The summed E-state index contributed by atoms with van der Waals surface area (Å²) in [7, 11) is 0. The molecule has 0 saturated carbocycles. The maximum atomic E-state index is 11.5. The van der Waals surface area contributed by atoms with Gasteiger partial charge in [0.2, 0.25) is 0 Å². The number of nitrogens with one attached hydrogen (secondary N) is 2. The summed E-state index contributed by atoms with van der Waals surface area (Å²) < 4.78 is 0. The number of rotatable bonds is 1. The normalized spacial score (nSPS) is 14.4. The molecule has 0 aromatic heterocycles. The van der Waals surface area contributed by atoms with Gasteiger partial charge < -0.3 is 10.4 Å². The lowest BCUT2D eigenvalue weighted by Crippen LogP contribution is -2.31. The summed E-state index contributed by atoms with van der Waals surface area (Å²) in [6, 6.07) is 6.03. The Bertz CT molecular complexity index is 434. The average Bonchev–Trinajstić information content (AvgIpc) is 2.70. The average molecular weight is 237 g/mol. The van der Waals surface area contributed by atoms with Gasteiger partial charge in [0.05, 0.1) is 6.54 Å². The quantitative estimate of drug-likeness (QED) is 0.694. The zero-order chi connectivity index (χ0) is 11.4. The summed E-state index contributed by atoms with van der Waals surface area (Å²) in [5, 5.41) is 15.1. The first kappa shape index (κ1) is 10.8. The second kappa shape index (κ2) is 4.89. The highest BCUT2D eigenvalue weighted by atomic mass is 32.2. The molecule has 2 amide bonds. The van der Waals surface area contributed by atoms with E-state index in [2.05, 4.69) is 15.6 Å². The Balaban J connectivity index is 1.91. The van der Waals surface area contributed by atoms with Crippen LogP contribution in [0.3, 0.4) is 0 Å². The highest BCUT2D eigenvalue weighted by Gasteiger charge is 2.10. The number of urea groups is 1. The third kappa shape index (κ3) is 2.90. The van der Waals surface area contributed by atoms with Crippen LogP contribution in [0, 0.1) is 0 Å². The molecule has 2 rings (SSSR count). The van der Waals surface area contributed by atoms with Gasteiger partial charge in [-0.05, 0) is 12.1 Å². The van der Waals surface area contributed by atoms with E-state index in [4.69, 9.17) is 0 Å². The Morgan fingerprint density at radius 2 is 2.31 bits per heavy atom. The van der Waals surface area contributed by atoms with E-state index in [1.54, 1.807) is 18.2 Å². The third-order valence-corrected chi connectivity index (χ3v) is 2.80. The molecule has 0 radical (unpaired) electrons. The zero-order valence-electron chi connectivity index (χ0n) is 8.43. The van der Waals surface area contributed by atoms with E-state index in [0.29, 0.717) is 10.9 Å². The molecule has 84 valence electrons. The molecule has 0 aliphatic carbocycles. The number of amidine groups is 1. The topological polar surface area (TPSA) is 73.7 Å². The smallest absolute Gasteiger partial charge is 0.325 e. The van der Waals surface area contributed by atoms with E-state index >= 15 is 0 Å². The van der Waals surface area contributed by atoms with Crippen LogP contribution in [0.5, 0.6) is 5.75 Å². The SMILES string of the molecule is O=C(NC1=NCCS1)Nc1cccc(O)c1. The van der Waals surface area contributed by atoms with Gasteiger partial charge in [-0.25, -0.2) is 4.79 Å². The van der Waals surface area contributed by atoms with E-state index < -0.39 is 0 Å². The Kier molecular flexibility index (Phi) is 3.31. The van der Waals surface area contributed by atoms with Crippen molar-refractivity contribution in [3.8, 4) is 5.75 Å². The van der Waals surface area contributed by atoms with Gasteiger partial charge in [-0.2, -0.15) is 0 Å². The molecule has 0 atom stereocenters. The Morgan fingerprint density at radius 3 is 3.00 bits per heavy atom. The maximum absolute atomic E-state index is 11.5. The number of benzene rings is 1. The van der Waals surface area contributed by atoms with Crippen molar-refractivity contribution in [3.63, 3.8) is 0 Å². The number of hydrogen-bond acceptors (Lipinski definition) is 4. The summed E-state index contributed by atoms with van der Waals surface area (Å²) in [6.45, 7) is 0.742. The number of hydrogen-bond donors (Lipinski definition) is 3. The van der Waals surface area contributed by atoms with Crippen LogP contribution >= 0.6 is 11.8 Å². The molecule has 1 aromatic carbocycles. The summed E-state index contributed by atoms with van der Waals surface area (Å²) >= 11 is 1.51. The predicted octanol–water partition coefficient (Wildman–Crippen LogP) is 1.62. The molecule has 0 spiro atoms. The zero-order valence-corrected chi connectivity index (χ0v) is 9.25. The fraction of sp³-hybridized carbons (Fsp3) is 0.200. The number of nitrogens with zero attached hydrogens (tertiary/aromatic N) is 1. The molecular formula is C10H11N3O2S. The minimum absolute atomic E-state index is 0.116. The Hall–Kier alpha value is -1.69. The summed E-state index contributed by atoms with van der Waals surface area (Å²) in [4.78, 5) is 15.6. The Morgan fingerprint density at radius 1 is 1.44 bits per heavy atom. The molecule has 1 aliphatic heterocycles. The first-order valence-electron chi connectivity index (χ1n) is 4.78. The van der Waals surface area contributed by atoms with E-state index in [0.717, 1.165) is 12.3 Å². The fourth-order valence-electron chi connectivity index (χ4n) is 1.25. The van der Waals surface area contributed by atoms with Crippen LogP contribution in [0.1, 0.15) is 0 Å². The minimum Gasteiger partial charge on any atom is -0.508 e. The molecule has 16 heavy (non-hydrogen) atoms. The molecule has 1 heterocycles. The van der Waals surface area contributed by atoms with Crippen molar-refractivity contribution in [2.75, 3.05) is 17.6 Å². The van der Waals surface area contributed by atoms with E-state index in [1.807, 2.05) is 0 Å². The van der Waals surface area contributed by atoms with Crippen LogP contribution in [-0.4, -0.2) is 28.6 Å². The maximum Gasteiger partial charge on any atom is 0.325 e. The molecule has 3 N–H and O–H groups in total. The van der Waals surface area contributed by atoms with E-state index in [1.165, 1.54) is 17.8 Å². The van der Waals surface area contributed by atoms with Gasteiger partial charge >= 0.3 is 6.03 Å². The Labute approximate surface area is 97.0 Å². The molecule has 0 unspecified atom stereocenters. The molecule has 1 aliphatic rings. The molecule has 0 fully saturated rings. The van der Waals surface area contributed by atoms with Crippen molar-refractivity contribution < 1.29 is 9.90 Å². The van der Waals surface area contributed by atoms with Gasteiger partial charge in [0.1, 0.15) is 5.75 Å². The predicted molar refractivity (Wildman–Crippen MR) is 65.0 cm³/mol. The molecule has 1 aromatic rings. The lowest BCUT2D eigenvalue weighted by molar-refractivity contribution is 0.256. The molecule has 5 nitrogen and oxygen atoms in total. The summed E-state index contributed by atoms with van der Waals surface area (Å²) in [5.74, 6) is 1.02. The monoisotopic (exact) mass is 237 g/mol. The van der Waals surface area contributed by atoms with Crippen LogP contribution in [-0.2, 0) is 0 Å². The lowest BCUT2D eigenvalue weighted by atomic mass is 10.3. The van der Waals surface area contributed by atoms with Crippen LogP contribution in [0.15, 0.2) is 29.3 Å². The van der Waals surface area contributed by atoms with Crippen molar-refractivity contribution in [1.29, 1.82) is 0 Å². The number of carbonyl (C=O) groups is 1. The summed E-state index contributed by atoms with van der Waals surface area (Å²) in [6.07, 6.45) is 0. The van der Waals surface area contributed by atoms with Crippen LogP contribution in [0.2, 0.25) is 0 Å². The van der Waals surface area contributed by atoms with Gasteiger partial charge in [-0.3, -0.25) is 10.3 Å². The van der Waals surface area contributed by atoms with Crippen molar-refractivity contribution in [3.05, 3.63) is 24.3 Å². The van der Waals surface area contributed by atoms with Gasteiger partial charge in [0, 0.05) is 17.5 Å². The van der Waals surface area contributed by atoms with E-state index in [-0.39, 0.29) is 11.8 Å². The van der Waals surface area contributed by atoms with Gasteiger partial charge in [-0.1, -0.05) is 17.8 Å².